The smallest absolute Gasteiger partial charge is 0.0894 e. The summed E-state index contributed by atoms with van der Waals surface area (Å²) in [5.74, 6) is 0.336. The molecule has 2 aromatic heterocycles. The average Bonchev–Trinajstić information content (AvgIpc) is 3.22. The van der Waals surface area contributed by atoms with Gasteiger partial charge >= 0.3 is 0 Å². The minimum atomic E-state index is 0.336. The van der Waals surface area contributed by atoms with Crippen LogP contribution >= 0.6 is 0 Å². The highest BCUT2D eigenvalue weighted by molar-refractivity contribution is 5.81. The summed E-state index contributed by atoms with van der Waals surface area (Å²) in [6.45, 7) is 1.95. The first-order chi connectivity index (χ1) is 14.7. The van der Waals surface area contributed by atoms with Crippen molar-refractivity contribution >= 4 is 21.9 Å². The average molecular weight is 390 g/mol. The van der Waals surface area contributed by atoms with Gasteiger partial charge < -0.3 is 9.88 Å². The van der Waals surface area contributed by atoms with Crippen molar-refractivity contribution < 1.29 is 0 Å². The molecule has 3 heterocycles. The third-order valence-electron chi connectivity index (χ3n) is 6.12. The van der Waals surface area contributed by atoms with Crippen LogP contribution < -0.4 is 0 Å². The molecule has 0 fully saturated rings. The molecule has 1 unspecified atom stereocenters. The monoisotopic (exact) mass is 390 g/mol. The zero-order valence-corrected chi connectivity index (χ0v) is 16.8. The number of aromatic nitrogens is 3. The number of hydrogen-bond acceptors (Lipinski definition) is 3. The fraction of sp³-hybridized carbons (Fsp3) is 0.154. The van der Waals surface area contributed by atoms with Crippen LogP contribution in [0.2, 0.25) is 0 Å². The molecule has 4 nitrogen and oxygen atoms in total. The van der Waals surface area contributed by atoms with Gasteiger partial charge in [-0.25, -0.2) is 4.98 Å². The Morgan fingerprint density at radius 2 is 1.77 bits per heavy atom. The number of para-hydroxylation sites is 3. The highest BCUT2D eigenvalue weighted by atomic mass is 15.1. The van der Waals surface area contributed by atoms with E-state index in [0.717, 1.165) is 35.4 Å². The Kier molecular flexibility index (Phi) is 3.93. The van der Waals surface area contributed by atoms with Gasteiger partial charge in [0.1, 0.15) is 0 Å². The molecule has 5 aromatic rings. The summed E-state index contributed by atoms with van der Waals surface area (Å²) >= 11 is 0. The van der Waals surface area contributed by atoms with Gasteiger partial charge in [0.2, 0.25) is 0 Å². The van der Waals surface area contributed by atoms with Crippen molar-refractivity contribution in [3.63, 3.8) is 0 Å². The van der Waals surface area contributed by atoms with E-state index < -0.39 is 0 Å². The van der Waals surface area contributed by atoms with Crippen molar-refractivity contribution in [1.82, 2.24) is 19.9 Å². The van der Waals surface area contributed by atoms with E-state index in [9.17, 15) is 0 Å². The standard InChI is InChI=1S/C26H22N4/c1-30-15-19-12-18(26-14-27-23-8-4-5-9-24(23)29-26)10-11-20(19)21(16-30)25-13-17-6-2-3-7-22(17)28-25/h2-14,21,28H,15-16H2,1H3. The molecule has 4 heteroatoms. The minimum absolute atomic E-state index is 0.336. The third-order valence-corrected chi connectivity index (χ3v) is 6.12. The fourth-order valence-corrected chi connectivity index (χ4v) is 4.65. The van der Waals surface area contributed by atoms with Crippen molar-refractivity contribution in [3.05, 3.63) is 95.8 Å². The molecular formula is C26H22N4. The predicted molar refractivity (Wildman–Crippen MR) is 121 cm³/mol. The number of benzene rings is 3. The summed E-state index contributed by atoms with van der Waals surface area (Å²) in [6, 6.07) is 25.6. The summed E-state index contributed by atoms with van der Waals surface area (Å²) in [5, 5.41) is 1.27. The van der Waals surface area contributed by atoms with E-state index >= 15 is 0 Å². The fourth-order valence-electron chi connectivity index (χ4n) is 4.65. The Morgan fingerprint density at radius 1 is 0.933 bits per heavy atom. The lowest BCUT2D eigenvalue weighted by Gasteiger charge is -2.32. The number of H-pyrrole nitrogens is 1. The number of fused-ring (bicyclic) bond motifs is 3. The highest BCUT2D eigenvalue weighted by Crippen LogP contribution is 2.36. The van der Waals surface area contributed by atoms with Crippen LogP contribution in [0.15, 0.2) is 79.0 Å². The van der Waals surface area contributed by atoms with Crippen LogP contribution in [0, 0.1) is 0 Å². The van der Waals surface area contributed by atoms with E-state index in [2.05, 4.69) is 70.4 Å². The zero-order chi connectivity index (χ0) is 20.1. The number of rotatable bonds is 2. The molecule has 6 rings (SSSR count). The summed E-state index contributed by atoms with van der Waals surface area (Å²) in [6.07, 6.45) is 1.88. The molecular weight excluding hydrogens is 368 g/mol. The summed E-state index contributed by atoms with van der Waals surface area (Å²) < 4.78 is 0. The van der Waals surface area contributed by atoms with E-state index in [1.807, 2.05) is 30.5 Å². The van der Waals surface area contributed by atoms with Gasteiger partial charge in [0, 0.05) is 35.8 Å². The molecule has 146 valence electrons. The van der Waals surface area contributed by atoms with Gasteiger partial charge in [0.25, 0.3) is 0 Å². The molecule has 1 N–H and O–H groups in total. The number of hydrogen-bond donors (Lipinski definition) is 1. The molecule has 0 radical (unpaired) electrons. The molecule has 1 atom stereocenters. The van der Waals surface area contributed by atoms with E-state index in [1.54, 1.807) is 0 Å². The first-order valence-electron chi connectivity index (χ1n) is 10.4. The second-order valence-corrected chi connectivity index (χ2v) is 8.22. The van der Waals surface area contributed by atoms with Crippen molar-refractivity contribution in [2.75, 3.05) is 13.6 Å². The molecule has 0 aliphatic carbocycles. The molecule has 0 bridgehead atoms. The van der Waals surface area contributed by atoms with Crippen LogP contribution in [0.4, 0.5) is 0 Å². The largest absolute Gasteiger partial charge is 0.358 e. The van der Waals surface area contributed by atoms with E-state index in [-0.39, 0.29) is 0 Å². The molecule has 0 saturated heterocycles. The van der Waals surface area contributed by atoms with Gasteiger partial charge in [0.05, 0.1) is 22.9 Å². The maximum atomic E-state index is 4.84. The van der Waals surface area contributed by atoms with Crippen LogP contribution in [-0.2, 0) is 6.54 Å². The van der Waals surface area contributed by atoms with Gasteiger partial charge in [0.15, 0.2) is 0 Å². The minimum Gasteiger partial charge on any atom is -0.358 e. The van der Waals surface area contributed by atoms with Crippen LogP contribution in [0.1, 0.15) is 22.7 Å². The Labute approximate surface area is 175 Å². The highest BCUT2D eigenvalue weighted by Gasteiger charge is 2.26. The lowest BCUT2D eigenvalue weighted by molar-refractivity contribution is 0.294. The lowest BCUT2D eigenvalue weighted by Crippen LogP contribution is -2.31. The molecule has 1 aliphatic heterocycles. The van der Waals surface area contributed by atoms with Crippen LogP contribution in [0.3, 0.4) is 0 Å². The molecule has 3 aromatic carbocycles. The number of nitrogens with one attached hydrogen (secondary N) is 1. The van der Waals surface area contributed by atoms with Crippen LogP contribution in [0.25, 0.3) is 33.2 Å². The Bertz CT molecular complexity index is 1350. The summed E-state index contributed by atoms with van der Waals surface area (Å²) in [5.41, 5.74) is 9.15. The molecule has 0 spiro atoms. The van der Waals surface area contributed by atoms with Gasteiger partial charge in [-0.15, -0.1) is 0 Å². The van der Waals surface area contributed by atoms with Gasteiger partial charge in [-0.3, -0.25) is 4.98 Å². The van der Waals surface area contributed by atoms with Gasteiger partial charge in [-0.1, -0.05) is 42.5 Å². The Morgan fingerprint density at radius 3 is 2.67 bits per heavy atom. The molecule has 0 saturated carbocycles. The van der Waals surface area contributed by atoms with Crippen molar-refractivity contribution in [2.45, 2.75) is 12.5 Å². The SMILES string of the molecule is CN1Cc2cc(-c3cnc4ccccc4n3)ccc2C(c2cc3ccccc3[nH]2)C1. The van der Waals surface area contributed by atoms with Crippen molar-refractivity contribution in [1.29, 1.82) is 0 Å². The van der Waals surface area contributed by atoms with Crippen molar-refractivity contribution in [3.8, 4) is 11.3 Å². The summed E-state index contributed by atoms with van der Waals surface area (Å²) in [7, 11) is 2.20. The zero-order valence-electron chi connectivity index (χ0n) is 16.8. The van der Waals surface area contributed by atoms with Gasteiger partial charge in [-0.05, 0) is 53.9 Å². The number of aromatic amines is 1. The maximum absolute atomic E-state index is 4.84. The second kappa shape index (κ2) is 6.78. The first-order valence-corrected chi connectivity index (χ1v) is 10.4. The third kappa shape index (κ3) is 2.88. The quantitative estimate of drug-likeness (QED) is 0.442. The molecule has 1 aliphatic rings. The van der Waals surface area contributed by atoms with Crippen LogP contribution in [0.5, 0.6) is 0 Å². The number of nitrogens with zero attached hydrogens (tertiary/aromatic N) is 3. The normalized spacial score (nSPS) is 16.8. The predicted octanol–water partition coefficient (Wildman–Crippen LogP) is 5.36. The maximum Gasteiger partial charge on any atom is 0.0894 e. The summed E-state index contributed by atoms with van der Waals surface area (Å²) in [4.78, 5) is 15.5. The topological polar surface area (TPSA) is 44.8 Å². The van der Waals surface area contributed by atoms with Crippen molar-refractivity contribution in [2.24, 2.45) is 0 Å². The van der Waals surface area contributed by atoms with E-state index in [4.69, 9.17) is 4.98 Å². The first kappa shape index (κ1) is 17.4. The van der Waals surface area contributed by atoms with Crippen LogP contribution in [-0.4, -0.2) is 33.4 Å². The Hall–Kier alpha value is -3.50. The second-order valence-electron chi connectivity index (χ2n) is 8.22. The van der Waals surface area contributed by atoms with E-state index in [1.165, 1.54) is 27.7 Å². The molecule has 30 heavy (non-hydrogen) atoms. The van der Waals surface area contributed by atoms with E-state index in [0.29, 0.717) is 5.92 Å². The Balaban J connectivity index is 1.43. The molecule has 0 amide bonds. The van der Waals surface area contributed by atoms with Gasteiger partial charge in [-0.2, -0.15) is 0 Å². The lowest BCUT2D eigenvalue weighted by atomic mass is 9.86. The number of likely N-dealkylation sites (N-methyl/N-ethyl adjacent to an activating group) is 1.